The Balaban J connectivity index is 2.64. The zero-order valence-corrected chi connectivity index (χ0v) is 15.9. The van der Waals surface area contributed by atoms with Gasteiger partial charge in [-0.25, -0.2) is 4.98 Å². The third kappa shape index (κ3) is 4.10. The number of aromatic hydroxyl groups is 1. The van der Waals surface area contributed by atoms with Crippen molar-refractivity contribution in [1.29, 1.82) is 0 Å². The van der Waals surface area contributed by atoms with Gasteiger partial charge < -0.3 is 15.5 Å². The van der Waals surface area contributed by atoms with Crippen molar-refractivity contribution in [3.05, 3.63) is 33.7 Å². The zero-order valence-electron chi connectivity index (χ0n) is 14.9. The monoisotopic (exact) mass is 373 g/mol. The number of hydrogen-bond acceptors (Lipinski definition) is 5. The molecule has 1 amide bonds. The molecule has 2 heterocycles. The van der Waals surface area contributed by atoms with Crippen LogP contribution in [0.2, 0.25) is 19.6 Å². The Morgan fingerprint density at radius 3 is 2.58 bits per heavy atom. The highest BCUT2D eigenvalue weighted by Gasteiger charge is 2.22. The summed E-state index contributed by atoms with van der Waals surface area (Å²) in [4.78, 5) is 39.3. The normalized spacial score (nSPS) is 10.9. The number of pyridine rings is 2. The van der Waals surface area contributed by atoms with E-state index >= 15 is 0 Å². The Bertz CT molecular complexity index is 1030. The van der Waals surface area contributed by atoms with Gasteiger partial charge in [0, 0.05) is 18.8 Å². The summed E-state index contributed by atoms with van der Waals surface area (Å²) in [7, 11) is -0.202. The molecule has 0 aromatic carbocycles. The molecule has 0 aliphatic rings. The van der Waals surface area contributed by atoms with Crippen molar-refractivity contribution >= 4 is 31.0 Å². The van der Waals surface area contributed by atoms with Gasteiger partial charge in [-0.2, -0.15) is 0 Å². The summed E-state index contributed by atoms with van der Waals surface area (Å²) >= 11 is 0. The van der Waals surface area contributed by atoms with Crippen LogP contribution in [0.5, 0.6) is 5.75 Å². The molecule has 2 aromatic heterocycles. The minimum absolute atomic E-state index is 0.190. The number of aliphatic carboxylic acids is 1. The standard InChI is InChI=1S/C17H19N3O5Si/c1-20-15-11(7-10(8-18-15)5-6-26(2,3)4)14(23)13(17(20)25)16(24)19-9-12(21)22/h7-8,23H,9H2,1-4H3,(H,19,24)(H,21,22). The quantitative estimate of drug-likeness (QED) is 0.537. The Morgan fingerprint density at radius 1 is 1.35 bits per heavy atom. The van der Waals surface area contributed by atoms with E-state index in [-0.39, 0.29) is 11.0 Å². The SMILES string of the molecule is Cn1c(=O)c(C(=O)NCC(=O)O)c(O)c2cc(C#C[Si](C)(C)C)cnc21. The summed E-state index contributed by atoms with van der Waals surface area (Å²) in [5.74, 6) is 0.224. The number of carbonyl (C=O) groups excluding carboxylic acids is 1. The van der Waals surface area contributed by atoms with Gasteiger partial charge >= 0.3 is 5.97 Å². The van der Waals surface area contributed by atoms with E-state index in [9.17, 15) is 19.5 Å². The van der Waals surface area contributed by atoms with E-state index in [1.165, 1.54) is 13.2 Å². The maximum absolute atomic E-state index is 12.4. The maximum atomic E-state index is 12.4. The van der Waals surface area contributed by atoms with E-state index in [1.54, 1.807) is 6.07 Å². The molecule has 9 heteroatoms. The Labute approximate surface area is 150 Å². The van der Waals surface area contributed by atoms with Crippen molar-refractivity contribution in [2.45, 2.75) is 19.6 Å². The number of aromatic nitrogens is 2. The summed E-state index contributed by atoms with van der Waals surface area (Å²) in [6.45, 7) is 5.58. The lowest BCUT2D eigenvalue weighted by Gasteiger charge is -2.11. The minimum Gasteiger partial charge on any atom is -0.506 e. The zero-order chi connectivity index (χ0) is 19.6. The molecule has 0 bridgehead atoms. The first kappa shape index (κ1) is 19.2. The molecule has 0 spiro atoms. The number of carboxylic acid groups (broad SMARTS) is 1. The highest BCUT2D eigenvalue weighted by atomic mass is 28.3. The van der Waals surface area contributed by atoms with Crippen LogP contribution in [0.15, 0.2) is 17.1 Å². The van der Waals surface area contributed by atoms with E-state index in [1.807, 2.05) is 0 Å². The molecule has 0 atom stereocenters. The molecule has 0 saturated carbocycles. The van der Waals surface area contributed by atoms with Gasteiger partial charge in [-0.1, -0.05) is 25.6 Å². The second-order valence-corrected chi connectivity index (χ2v) is 11.5. The van der Waals surface area contributed by atoms with E-state index in [4.69, 9.17) is 5.11 Å². The van der Waals surface area contributed by atoms with Crippen LogP contribution in [0.4, 0.5) is 0 Å². The van der Waals surface area contributed by atoms with Gasteiger partial charge in [-0.05, 0) is 6.07 Å². The molecule has 0 radical (unpaired) electrons. The fourth-order valence-electron chi connectivity index (χ4n) is 2.18. The number of rotatable bonds is 3. The smallest absolute Gasteiger partial charge is 0.322 e. The topological polar surface area (TPSA) is 122 Å². The molecule has 0 unspecified atom stereocenters. The number of fused-ring (bicyclic) bond motifs is 1. The highest BCUT2D eigenvalue weighted by molar-refractivity contribution is 6.83. The average molecular weight is 373 g/mol. The van der Waals surface area contributed by atoms with Gasteiger partial charge in [0.15, 0.2) is 0 Å². The summed E-state index contributed by atoms with van der Waals surface area (Å²) in [5.41, 5.74) is 2.61. The Hall–Kier alpha value is -3.12. The van der Waals surface area contributed by atoms with E-state index in [0.717, 1.165) is 4.57 Å². The van der Waals surface area contributed by atoms with Crippen molar-refractivity contribution < 1.29 is 19.8 Å². The van der Waals surface area contributed by atoms with Gasteiger partial charge in [0.1, 0.15) is 31.6 Å². The Morgan fingerprint density at radius 2 is 2.00 bits per heavy atom. The number of aryl methyl sites for hydroxylation is 1. The van der Waals surface area contributed by atoms with Gasteiger partial charge in [0.25, 0.3) is 11.5 Å². The van der Waals surface area contributed by atoms with Crippen LogP contribution < -0.4 is 10.9 Å². The lowest BCUT2D eigenvalue weighted by molar-refractivity contribution is -0.135. The minimum atomic E-state index is -1.62. The molecule has 136 valence electrons. The van der Waals surface area contributed by atoms with Crippen LogP contribution >= 0.6 is 0 Å². The molecule has 26 heavy (non-hydrogen) atoms. The predicted octanol–water partition coefficient (Wildman–Crippen LogP) is 0.682. The van der Waals surface area contributed by atoms with E-state index in [2.05, 4.69) is 41.4 Å². The molecular weight excluding hydrogens is 354 g/mol. The molecule has 0 aliphatic carbocycles. The second-order valence-electron chi connectivity index (χ2n) is 6.76. The second kappa shape index (κ2) is 7.01. The molecular formula is C17H19N3O5Si. The number of carboxylic acids is 1. The van der Waals surface area contributed by atoms with Crippen molar-refractivity contribution in [2.75, 3.05) is 6.54 Å². The number of amides is 1. The van der Waals surface area contributed by atoms with Gasteiger partial charge in [-0.15, -0.1) is 5.54 Å². The fraction of sp³-hybridized carbons (Fsp3) is 0.294. The van der Waals surface area contributed by atoms with E-state index < -0.39 is 43.4 Å². The van der Waals surface area contributed by atoms with E-state index in [0.29, 0.717) is 5.56 Å². The molecule has 2 aromatic rings. The molecule has 0 fully saturated rings. The summed E-state index contributed by atoms with van der Waals surface area (Å²) in [5, 5.41) is 21.4. The van der Waals surface area contributed by atoms with Gasteiger partial charge in [0.2, 0.25) is 0 Å². The van der Waals surface area contributed by atoms with Crippen molar-refractivity contribution in [2.24, 2.45) is 7.05 Å². The predicted molar refractivity (Wildman–Crippen MR) is 98.8 cm³/mol. The maximum Gasteiger partial charge on any atom is 0.322 e. The van der Waals surface area contributed by atoms with Gasteiger partial charge in [0.05, 0.1) is 5.39 Å². The third-order valence-corrected chi connectivity index (χ3v) is 4.28. The largest absolute Gasteiger partial charge is 0.506 e. The van der Waals surface area contributed by atoms with Crippen LogP contribution in [-0.2, 0) is 11.8 Å². The van der Waals surface area contributed by atoms with Crippen molar-refractivity contribution in [3.8, 4) is 17.2 Å². The molecule has 0 saturated heterocycles. The Kier molecular flexibility index (Phi) is 5.18. The summed E-state index contributed by atoms with van der Waals surface area (Å²) in [6.07, 6.45) is 1.50. The fourth-order valence-corrected chi connectivity index (χ4v) is 2.70. The summed E-state index contributed by atoms with van der Waals surface area (Å²) < 4.78 is 1.13. The third-order valence-electron chi connectivity index (χ3n) is 3.40. The molecule has 2 rings (SSSR count). The lowest BCUT2D eigenvalue weighted by atomic mass is 10.1. The van der Waals surface area contributed by atoms with Crippen molar-refractivity contribution in [1.82, 2.24) is 14.9 Å². The van der Waals surface area contributed by atoms with Crippen LogP contribution in [0.1, 0.15) is 15.9 Å². The average Bonchev–Trinajstić information content (AvgIpc) is 2.55. The number of carbonyl (C=O) groups is 2. The van der Waals surface area contributed by atoms with Gasteiger partial charge in [-0.3, -0.25) is 19.0 Å². The molecule has 3 N–H and O–H groups in total. The lowest BCUT2D eigenvalue weighted by Crippen LogP contribution is -2.35. The highest BCUT2D eigenvalue weighted by Crippen LogP contribution is 2.25. The number of hydrogen-bond donors (Lipinski definition) is 3. The summed E-state index contributed by atoms with van der Waals surface area (Å²) in [6, 6.07) is 1.55. The van der Waals surface area contributed by atoms with Crippen LogP contribution in [0.3, 0.4) is 0 Å². The molecule has 8 nitrogen and oxygen atoms in total. The number of nitrogens with zero attached hydrogens (tertiary/aromatic N) is 2. The number of nitrogens with one attached hydrogen (secondary N) is 1. The first-order valence-electron chi connectivity index (χ1n) is 7.76. The van der Waals surface area contributed by atoms with Crippen LogP contribution in [-0.4, -0.2) is 46.3 Å². The van der Waals surface area contributed by atoms with Crippen molar-refractivity contribution in [3.63, 3.8) is 0 Å². The first-order chi connectivity index (χ1) is 12.0. The van der Waals surface area contributed by atoms with Crippen LogP contribution in [0.25, 0.3) is 11.0 Å². The molecule has 0 aliphatic heterocycles. The van der Waals surface area contributed by atoms with Crippen LogP contribution in [0, 0.1) is 11.5 Å². The first-order valence-corrected chi connectivity index (χ1v) is 11.3.